The Bertz CT molecular complexity index is 433. The Morgan fingerprint density at radius 3 is 2.79 bits per heavy atom. The van der Waals surface area contributed by atoms with Crippen LogP contribution in [0, 0.1) is 6.92 Å². The molecule has 2 rings (SSSR count). The molecular formula is C14H20BrClN2O. The van der Waals surface area contributed by atoms with Gasteiger partial charge in [0.15, 0.2) is 0 Å². The zero-order valence-electron chi connectivity index (χ0n) is 11.2. The maximum Gasteiger partial charge on any atom is 0.251 e. The molecule has 0 radical (unpaired) electrons. The van der Waals surface area contributed by atoms with Crippen molar-refractivity contribution in [2.45, 2.75) is 38.8 Å². The molecule has 19 heavy (non-hydrogen) atoms. The van der Waals surface area contributed by atoms with Crippen LogP contribution in [-0.2, 0) is 0 Å². The van der Waals surface area contributed by atoms with Crippen LogP contribution in [0.25, 0.3) is 0 Å². The van der Waals surface area contributed by atoms with Gasteiger partial charge in [0.2, 0.25) is 0 Å². The molecular weight excluding hydrogens is 328 g/mol. The lowest BCUT2D eigenvalue weighted by Gasteiger charge is -2.28. The quantitative estimate of drug-likeness (QED) is 0.863. The fraction of sp³-hybridized carbons (Fsp3) is 0.500. The molecule has 2 unspecified atom stereocenters. The van der Waals surface area contributed by atoms with Crippen LogP contribution in [0.4, 0.5) is 0 Å². The molecule has 1 aliphatic rings. The van der Waals surface area contributed by atoms with Crippen molar-refractivity contribution in [1.82, 2.24) is 10.6 Å². The molecule has 1 aromatic rings. The van der Waals surface area contributed by atoms with E-state index in [1.54, 1.807) is 0 Å². The van der Waals surface area contributed by atoms with E-state index in [9.17, 15) is 4.79 Å². The molecule has 2 atom stereocenters. The van der Waals surface area contributed by atoms with Crippen LogP contribution in [0.3, 0.4) is 0 Å². The first-order valence-electron chi connectivity index (χ1n) is 6.36. The third kappa shape index (κ3) is 4.79. The minimum Gasteiger partial charge on any atom is -0.349 e. The van der Waals surface area contributed by atoms with Gasteiger partial charge >= 0.3 is 0 Å². The van der Waals surface area contributed by atoms with Crippen molar-refractivity contribution < 1.29 is 4.79 Å². The van der Waals surface area contributed by atoms with Gasteiger partial charge in [-0.25, -0.2) is 0 Å². The summed E-state index contributed by atoms with van der Waals surface area (Å²) in [5.41, 5.74) is 1.82. The molecule has 0 spiro atoms. The van der Waals surface area contributed by atoms with Gasteiger partial charge in [0.25, 0.3) is 5.91 Å². The standard InChI is InChI=1S/C14H19BrN2O.ClH/c1-9-5-11(8-12(15)6-9)14(18)17-13-3-4-16-10(2)7-13;/h5-6,8,10,13,16H,3-4,7H2,1-2H3,(H,17,18);1H. The van der Waals surface area contributed by atoms with Crippen LogP contribution < -0.4 is 10.6 Å². The lowest BCUT2D eigenvalue weighted by molar-refractivity contribution is 0.0925. The SMILES string of the molecule is Cc1cc(Br)cc(C(=O)NC2CCNC(C)C2)c1.Cl. The molecule has 0 saturated carbocycles. The second-order valence-corrected chi connectivity index (χ2v) is 5.98. The van der Waals surface area contributed by atoms with Crippen LogP contribution in [0.2, 0.25) is 0 Å². The van der Waals surface area contributed by atoms with Crippen molar-refractivity contribution in [2.75, 3.05) is 6.54 Å². The number of hydrogen-bond acceptors (Lipinski definition) is 2. The highest BCUT2D eigenvalue weighted by Crippen LogP contribution is 2.16. The van der Waals surface area contributed by atoms with Crippen molar-refractivity contribution in [3.8, 4) is 0 Å². The van der Waals surface area contributed by atoms with E-state index in [-0.39, 0.29) is 24.4 Å². The van der Waals surface area contributed by atoms with E-state index in [2.05, 4.69) is 33.5 Å². The second kappa shape index (κ2) is 7.27. The lowest BCUT2D eigenvalue weighted by atomic mass is 10.00. The molecule has 0 aromatic heterocycles. The molecule has 1 saturated heterocycles. The predicted octanol–water partition coefficient (Wildman–Crippen LogP) is 3.05. The molecule has 106 valence electrons. The highest BCUT2D eigenvalue weighted by atomic mass is 79.9. The van der Waals surface area contributed by atoms with Crippen LogP contribution in [0.15, 0.2) is 22.7 Å². The molecule has 1 aliphatic heterocycles. The van der Waals surface area contributed by atoms with Gasteiger partial charge in [0.05, 0.1) is 0 Å². The Labute approximate surface area is 129 Å². The van der Waals surface area contributed by atoms with Gasteiger partial charge in [-0.2, -0.15) is 0 Å². The van der Waals surface area contributed by atoms with E-state index in [0.29, 0.717) is 6.04 Å². The highest BCUT2D eigenvalue weighted by molar-refractivity contribution is 9.10. The summed E-state index contributed by atoms with van der Waals surface area (Å²) in [5.74, 6) is 0.0264. The Kier molecular flexibility index (Phi) is 6.30. The van der Waals surface area contributed by atoms with E-state index in [4.69, 9.17) is 0 Å². The van der Waals surface area contributed by atoms with Gasteiger partial charge in [-0.15, -0.1) is 12.4 Å². The number of benzene rings is 1. The topological polar surface area (TPSA) is 41.1 Å². The Hall–Kier alpha value is -0.580. The molecule has 3 nitrogen and oxygen atoms in total. The normalized spacial score (nSPS) is 22.5. The molecule has 0 bridgehead atoms. The summed E-state index contributed by atoms with van der Waals surface area (Å²) in [7, 11) is 0. The second-order valence-electron chi connectivity index (χ2n) is 5.07. The van der Waals surface area contributed by atoms with Crippen molar-refractivity contribution >= 4 is 34.2 Å². The first-order chi connectivity index (χ1) is 8.54. The van der Waals surface area contributed by atoms with E-state index in [1.165, 1.54) is 0 Å². The summed E-state index contributed by atoms with van der Waals surface area (Å²) in [4.78, 5) is 12.2. The van der Waals surface area contributed by atoms with Crippen LogP contribution in [-0.4, -0.2) is 24.5 Å². The fourth-order valence-corrected chi connectivity index (χ4v) is 3.01. The van der Waals surface area contributed by atoms with Crippen molar-refractivity contribution in [3.05, 3.63) is 33.8 Å². The molecule has 1 amide bonds. The third-order valence-corrected chi connectivity index (χ3v) is 3.72. The average molecular weight is 348 g/mol. The number of nitrogens with one attached hydrogen (secondary N) is 2. The minimum absolute atomic E-state index is 0. The van der Waals surface area contributed by atoms with Gasteiger partial charge in [0.1, 0.15) is 0 Å². The van der Waals surface area contributed by atoms with Crippen molar-refractivity contribution in [2.24, 2.45) is 0 Å². The molecule has 1 fully saturated rings. The number of rotatable bonds is 2. The predicted molar refractivity (Wildman–Crippen MR) is 84.1 cm³/mol. The van der Waals surface area contributed by atoms with Crippen LogP contribution >= 0.6 is 28.3 Å². The van der Waals surface area contributed by atoms with Crippen molar-refractivity contribution in [3.63, 3.8) is 0 Å². The van der Waals surface area contributed by atoms with Gasteiger partial charge in [0, 0.05) is 22.1 Å². The van der Waals surface area contributed by atoms with E-state index >= 15 is 0 Å². The van der Waals surface area contributed by atoms with Crippen LogP contribution in [0.5, 0.6) is 0 Å². The molecule has 1 heterocycles. The largest absolute Gasteiger partial charge is 0.349 e. The van der Waals surface area contributed by atoms with Gasteiger partial charge < -0.3 is 10.6 Å². The first kappa shape index (κ1) is 16.5. The maximum atomic E-state index is 12.2. The summed E-state index contributed by atoms with van der Waals surface area (Å²) in [6.45, 7) is 5.12. The fourth-order valence-electron chi connectivity index (χ4n) is 2.40. The zero-order valence-corrected chi connectivity index (χ0v) is 13.6. The number of piperidine rings is 1. The summed E-state index contributed by atoms with van der Waals surface area (Å²) in [6.07, 6.45) is 2.00. The summed E-state index contributed by atoms with van der Waals surface area (Å²) in [6, 6.07) is 6.56. The Morgan fingerprint density at radius 2 is 2.16 bits per heavy atom. The molecule has 2 N–H and O–H groups in total. The molecule has 1 aromatic carbocycles. The Balaban J connectivity index is 0.00000180. The zero-order chi connectivity index (χ0) is 13.1. The number of aryl methyl sites for hydroxylation is 1. The van der Waals surface area contributed by atoms with E-state index in [0.717, 1.165) is 35.0 Å². The van der Waals surface area contributed by atoms with E-state index < -0.39 is 0 Å². The van der Waals surface area contributed by atoms with Crippen LogP contribution in [0.1, 0.15) is 35.7 Å². The maximum absolute atomic E-state index is 12.2. The summed E-state index contributed by atoms with van der Waals surface area (Å²) >= 11 is 3.43. The monoisotopic (exact) mass is 346 g/mol. The minimum atomic E-state index is 0. The third-order valence-electron chi connectivity index (χ3n) is 3.26. The van der Waals surface area contributed by atoms with E-state index in [1.807, 2.05) is 25.1 Å². The van der Waals surface area contributed by atoms with Crippen molar-refractivity contribution in [1.29, 1.82) is 0 Å². The number of halogens is 2. The van der Waals surface area contributed by atoms with Gasteiger partial charge in [-0.05, 0) is 57.0 Å². The number of carbonyl (C=O) groups is 1. The number of amides is 1. The molecule has 0 aliphatic carbocycles. The molecule has 5 heteroatoms. The number of hydrogen-bond donors (Lipinski definition) is 2. The first-order valence-corrected chi connectivity index (χ1v) is 7.15. The highest BCUT2D eigenvalue weighted by Gasteiger charge is 2.20. The Morgan fingerprint density at radius 1 is 1.42 bits per heavy atom. The average Bonchev–Trinajstić information content (AvgIpc) is 2.27. The lowest BCUT2D eigenvalue weighted by Crippen LogP contribution is -2.46. The summed E-state index contributed by atoms with van der Waals surface area (Å²) < 4.78 is 0.950. The smallest absolute Gasteiger partial charge is 0.251 e. The van der Waals surface area contributed by atoms with Gasteiger partial charge in [-0.3, -0.25) is 4.79 Å². The number of carbonyl (C=O) groups excluding carboxylic acids is 1. The van der Waals surface area contributed by atoms with Gasteiger partial charge in [-0.1, -0.05) is 15.9 Å². The summed E-state index contributed by atoms with van der Waals surface area (Å²) in [5, 5.41) is 6.50.